The van der Waals surface area contributed by atoms with Crippen LogP contribution in [0, 0.1) is 5.41 Å². The lowest BCUT2D eigenvalue weighted by molar-refractivity contribution is -0.125. The van der Waals surface area contributed by atoms with Gasteiger partial charge in [0.1, 0.15) is 0 Å². The van der Waals surface area contributed by atoms with Crippen molar-refractivity contribution in [3.63, 3.8) is 0 Å². The molecule has 1 aromatic carbocycles. The van der Waals surface area contributed by atoms with Crippen LogP contribution in [-0.4, -0.2) is 46.0 Å². The minimum Gasteiger partial charge on any atom is -0.493 e. The molecule has 2 aliphatic rings. The molecule has 0 bridgehead atoms. The number of hydrogen-bond donors (Lipinski definition) is 2. The third-order valence-corrected chi connectivity index (χ3v) is 6.13. The number of ether oxygens (including phenoxy) is 3. The molecule has 6 nitrogen and oxygen atoms in total. The third kappa shape index (κ3) is 4.67. The van der Waals surface area contributed by atoms with Gasteiger partial charge in [-0.25, -0.2) is 0 Å². The maximum atomic E-state index is 6.01. The maximum absolute atomic E-state index is 6.01. The summed E-state index contributed by atoms with van der Waals surface area (Å²) in [4.78, 5) is 4.42. The van der Waals surface area contributed by atoms with Gasteiger partial charge in [-0.1, -0.05) is 18.9 Å². The second-order valence-electron chi connectivity index (χ2n) is 7.43. The zero-order valence-corrected chi connectivity index (χ0v) is 19.7. The molecule has 0 heterocycles. The van der Waals surface area contributed by atoms with Crippen LogP contribution in [0.1, 0.15) is 44.6 Å². The molecule has 158 valence electrons. The lowest BCUT2D eigenvalue weighted by Crippen LogP contribution is -2.65. The van der Waals surface area contributed by atoms with E-state index in [1.54, 1.807) is 14.2 Å². The van der Waals surface area contributed by atoms with Crippen LogP contribution in [0.4, 0.5) is 0 Å². The van der Waals surface area contributed by atoms with E-state index in [4.69, 9.17) is 14.2 Å². The molecule has 28 heavy (non-hydrogen) atoms. The van der Waals surface area contributed by atoms with Gasteiger partial charge in [0.2, 0.25) is 0 Å². The molecule has 0 saturated heterocycles. The molecule has 2 unspecified atom stereocenters. The second-order valence-corrected chi connectivity index (χ2v) is 7.43. The fraction of sp³-hybridized carbons (Fsp3) is 0.667. The van der Waals surface area contributed by atoms with Gasteiger partial charge in [-0.05, 0) is 43.9 Å². The van der Waals surface area contributed by atoms with Crippen LogP contribution in [-0.2, 0) is 11.3 Å². The number of methoxy groups -OCH3 is 2. The lowest BCUT2D eigenvalue weighted by Gasteiger charge is -2.54. The van der Waals surface area contributed by atoms with Gasteiger partial charge >= 0.3 is 0 Å². The SMILES string of the molecule is CCOC1CC(NC(=NC)NCc2ccc(OC)c(OC)c2)C12CCCC2.I. The average molecular weight is 503 g/mol. The highest BCUT2D eigenvalue weighted by Gasteiger charge is 2.56. The molecule has 1 aromatic rings. The number of halogens is 1. The van der Waals surface area contributed by atoms with Gasteiger partial charge in [-0.2, -0.15) is 0 Å². The van der Waals surface area contributed by atoms with Gasteiger partial charge in [-0.15, -0.1) is 24.0 Å². The van der Waals surface area contributed by atoms with Crippen molar-refractivity contribution in [1.29, 1.82) is 0 Å². The van der Waals surface area contributed by atoms with Gasteiger partial charge in [0.15, 0.2) is 17.5 Å². The predicted molar refractivity (Wildman–Crippen MR) is 123 cm³/mol. The monoisotopic (exact) mass is 503 g/mol. The van der Waals surface area contributed by atoms with Gasteiger partial charge in [0, 0.05) is 31.7 Å². The summed E-state index contributed by atoms with van der Waals surface area (Å²) in [5, 5.41) is 7.08. The van der Waals surface area contributed by atoms with E-state index in [0.717, 1.165) is 36.0 Å². The number of guanidine groups is 1. The van der Waals surface area contributed by atoms with Crippen molar-refractivity contribution in [3.05, 3.63) is 23.8 Å². The van der Waals surface area contributed by atoms with E-state index < -0.39 is 0 Å². The Kier molecular flexibility index (Phi) is 8.67. The van der Waals surface area contributed by atoms with Crippen molar-refractivity contribution in [1.82, 2.24) is 10.6 Å². The first-order chi connectivity index (χ1) is 13.2. The zero-order chi connectivity index (χ0) is 19.3. The number of nitrogens with one attached hydrogen (secondary N) is 2. The molecule has 1 spiro atoms. The van der Waals surface area contributed by atoms with Crippen molar-refractivity contribution in [2.75, 3.05) is 27.9 Å². The van der Waals surface area contributed by atoms with Crippen molar-refractivity contribution >= 4 is 29.9 Å². The summed E-state index contributed by atoms with van der Waals surface area (Å²) < 4.78 is 16.7. The Morgan fingerprint density at radius 3 is 2.50 bits per heavy atom. The van der Waals surface area contributed by atoms with Gasteiger partial charge < -0.3 is 24.8 Å². The summed E-state index contributed by atoms with van der Waals surface area (Å²) in [6.45, 7) is 3.56. The van der Waals surface area contributed by atoms with Crippen LogP contribution in [0.15, 0.2) is 23.2 Å². The van der Waals surface area contributed by atoms with E-state index in [1.165, 1.54) is 25.7 Å². The van der Waals surface area contributed by atoms with Crippen molar-refractivity contribution in [2.24, 2.45) is 10.4 Å². The molecule has 2 fully saturated rings. The first-order valence-corrected chi connectivity index (χ1v) is 9.96. The molecule has 3 rings (SSSR count). The van der Waals surface area contributed by atoms with Crippen LogP contribution in [0.5, 0.6) is 11.5 Å². The van der Waals surface area contributed by atoms with Gasteiger partial charge in [0.05, 0.1) is 20.3 Å². The Balaban J connectivity index is 0.00000280. The maximum Gasteiger partial charge on any atom is 0.191 e. The summed E-state index contributed by atoms with van der Waals surface area (Å²) in [7, 11) is 5.13. The molecular weight excluding hydrogens is 469 g/mol. The van der Waals surface area contributed by atoms with E-state index in [0.29, 0.717) is 18.7 Å². The first kappa shape index (κ1) is 23.1. The Bertz CT molecular complexity index is 662. The Morgan fingerprint density at radius 1 is 1.18 bits per heavy atom. The number of nitrogens with zero attached hydrogens (tertiary/aromatic N) is 1. The van der Waals surface area contributed by atoms with Crippen LogP contribution >= 0.6 is 24.0 Å². The molecule has 0 amide bonds. The summed E-state index contributed by atoms with van der Waals surface area (Å²) in [5.74, 6) is 2.32. The topological polar surface area (TPSA) is 64.1 Å². The smallest absolute Gasteiger partial charge is 0.191 e. The average Bonchev–Trinajstić information content (AvgIpc) is 3.22. The second kappa shape index (κ2) is 10.5. The number of hydrogen-bond acceptors (Lipinski definition) is 4. The van der Waals surface area contributed by atoms with Crippen molar-refractivity contribution < 1.29 is 14.2 Å². The first-order valence-electron chi connectivity index (χ1n) is 9.96. The molecule has 2 N–H and O–H groups in total. The Hall–Kier alpha value is -1.22. The summed E-state index contributed by atoms with van der Waals surface area (Å²) >= 11 is 0. The van der Waals surface area contributed by atoms with Crippen molar-refractivity contribution in [3.8, 4) is 11.5 Å². The Labute approximate surface area is 185 Å². The highest BCUT2D eigenvalue weighted by Crippen LogP contribution is 2.54. The van der Waals surface area contributed by atoms with Crippen molar-refractivity contribution in [2.45, 2.75) is 57.7 Å². The van der Waals surface area contributed by atoms with Gasteiger partial charge in [-0.3, -0.25) is 4.99 Å². The van der Waals surface area contributed by atoms with E-state index in [-0.39, 0.29) is 29.4 Å². The van der Waals surface area contributed by atoms with Crippen LogP contribution in [0.25, 0.3) is 0 Å². The molecule has 2 aliphatic carbocycles. The minimum absolute atomic E-state index is 0. The zero-order valence-electron chi connectivity index (χ0n) is 17.4. The number of rotatable bonds is 7. The largest absolute Gasteiger partial charge is 0.493 e. The fourth-order valence-corrected chi connectivity index (χ4v) is 4.62. The highest BCUT2D eigenvalue weighted by molar-refractivity contribution is 14.0. The highest BCUT2D eigenvalue weighted by atomic mass is 127. The lowest BCUT2D eigenvalue weighted by atomic mass is 9.60. The number of aliphatic imine (C=N–C) groups is 1. The van der Waals surface area contributed by atoms with Gasteiger partial charge in [0.25, 0.3) is 0 Å². The number of benzene rings is 1. The summed E-state index contributed by atoms with van der Waals surface area (Å²) in [5.41, 5.74) is 1.41. The van der Waals surface area contributed by atoms with Crippen LogP contribution in [0.2, 0.25) is 0 Å². The van der Waals surface area contributed by atoms with Crippen LogP contribution in [0.3, 0.4) is 0 Å². The van der Waals surface area contributed by atoms with E-state index >= 15 is 0 Å². The molecule has 2 atom stereocenters. The predicted octanol–water partition coefficient (Wildman–Crippen LogP) is 3.72. The molecule has 0 aliphatic heterocycles. The molecule has 2 saturated carbocycles. The molecule has 0 aromatic heterocycles. The normalized spacial score (nSPS) is 22.9. The summed E-state index contributed by atoms with van der Waals surface area (Å²) in [6, 6.07) is 6.40. The minimum atomic E-state index is 0. The standard InChI is InChI=1S/C21H33N3O3.HI/c1-5-27-19-13-18(21(19)10-6-7-11-21)24-20(22-2)23-14-15-8-9-16(25-3)17(12-15)26-4;/h8-9,12,18-19H,5-7,10-11,13-14H2,1-4H3,(H2,22,23,24);1H. The fourth-order valence-electron chi connectivity index (χ4n) is 4.62. The van der Waals surface area contributed by atoms with E-state index in [1.807, 2.05) is 25.2 Å². The molecule has 7 heteroatoms. The molecule has 0 radical (unpaired) electrons. The third-order valence-electron chi connectivity index (χ3n) is 6.13. The summed E-state index contributed by atoms with van der Waals surface area (Å²) in [6.07, 6.45) is 6.57. The van der Waals surface area contributed by atoms with E-state index in [9.17, 15) is 0 Å². The molecular formula is C21H34IN3O3. The quantitative estimate of drug-likeness (QED) is 0.338. The Morgan fingerprint density at radius 2 is 1.89 bits per heavy atom. The van der Waals surface area contributed by atoms with E-state index in [2.05, 4.69) is 22.5 Å². The van der Waals surface area contributed by atoms with Crippen LogP contribution < -0.4 is 20.1 Å².